The first-order valence-corrected chi connectivity index (χ1v) is 5.49. The molecule has 0 aliphatic carbocycles. The summed E-state index contributed by atoms with van der Waals surface area (Å²) >= 11 is 7.37. The predicted molar refractivity (Wildman–Crippen MR) is 64.6 cm³/mol. The lowest BCUT2D eigenvalue weighted by molar-refractivity contribution is 1.18. The largest absolute Gasteiger partial charge is 0.241 e. The summed E-state index contributed by atoms with van der Waals surface area (Å²) in [6, 6.07) is 2.05. The van der Waals surface area contributed by atoms with Crippen molar-refractivity contribution in [3.05, 3.63) is 45.9 Å². The van der Waals surface area contributed by atoms with Gasteiger partial charge in [0.25, 0.3) is 0 Å². The second-order valence-electron chi connectivity index (χ2n) is 2.63. The molecule has 0 fully saturated rings. The van der Waals surface area contributed by atoms with Gasteiger partial charge in [-0.2, -0.15) is 5.26 Å². The summed E-state index contributed by atoms with van der Waals surface area (Å²) < 4.78 is 0. The minimum absolute atomic E-state index is 0.346. The fourth-order valence-corrected chi connectivity index (χ4v) is 1.76. The van der Waals surface area contributed by atoms with E-state index in [0.29, 0.717) is 11.5 Å². The summed E-state index contributed by atoms with van der Waals surface area (Å²) in [5.74, 6) is 0. The van der Waals surface area contributed by atoms with Gasteiger partial charge in [-0.1, -0.05) is 30.3 Å². The highest BCUT2D eigenvalue weighted by Gasteiger charge is 1.98. The minimum atomic E-state index is 0.346. The number of aromatic nitrogens is 1. The topological polar surface area (TPSA) is 36.7 Å². The van der Waals surface area contributed by atoms with E-state index in [1.165, 1.54) is 11.3 Å². The summed E-state index contributed by atoms with van der Waals surface area (Å²) in [7, 11) is 0. The van der Waals surface area contributed by atoms with Gasteiger partial charge in [0.05, 0.1) is 18.2 Å². The van der Waals surface area contributed by atoms with Gasteiger partial charge < -0.3 is 0 Å². The Balaban J connectivity index is 2.75. The van der Waals surface area contributed by atoms with Crippen LogP contribution in [0.5, 0.6) is 0 Å². The molecular formula is C11H9ClN2S. The third kappa shape index (κ3) is 4.11. The molecule has 0 saturated carbocycles. The van der Waals surface area contributed by atoms with Gasteiger partial charge in [-0.05, 0) is 12.2 Å². The van der Waals surface area contributed by atoms with Gasteiger partial charge in [-0.3, -0.25) is 0 Å². The number of hydrogen-bond acceptors (Lipinski definition) is 3. The van der Waals surface area contributed by atoms with Crippen LogP contribution in [0.2, 0.25) is 0 Å². The van der Waals surface area contributed by atoms with Gasteiger partial charge in [0, 0.05) is 10.4 Å². The number of rotatable bonds is 4. The first kappa shape index (κ1) is 11.7. The van der Waals surface area contributed by atoms with Crippen LogP contribution in [0.1, 0.15) is 10.7 Å². The van der Waals surface area contributed by atoms with E-state index in [2.05, 4.69) is 17.6 Å². The molecule has 1 aromatic rings. The Hall–Kier alpha value is -1.37. The maximum absolute atomic E-state index is 8.48. The van der Waals surface area contributed by atoms with E-state index in [0.717, 1.165) is 10.7 Å². The van der Waals surface area contributed by atoms with Crippen molar-refractivity contribution >= 4 is 29.0 Å². The molecule has 0 atom stereocenters. The fourth-order valence-electron chi connectivity index (χ4n) is 0.890. The van der Waals surface area contributed by atoms with Gasteiger partial charge in [-0.25, -0.2) is 4.98 Å². The Morgan fingerprint density at radius 3 is 3.20 bits per heavy atom. The average Bonchev–Trinajstić information content (AvgIpc) is 2.63. The zero-order valence-electron chi connectivity index (χ0n) is 7.98. The molecule has 0 unspecified atom stereocenters. The summed E-state index contributed by atoms with van der Waals surface area (Å²) in [4.78, 5) is 4.22. The smallest absolute Gasteiger partial charge is 0.107 e. The molecule has 0 N–H and O–H groups in total. The summed E-state index contributed by atoms with van der Waals surface area (Å²) in [5.41, 5.74) is 0.781. The molecule has 1 rings (SSSR count). The van der Waals surface area contributed by atoms with Crippen molar-refractivity contribution < 1.29 is 0 Å². The molecule has 76 valence electrons. The molecule has 0 amide bonds. The molecule has 15 heavy (non-hydrogen) atoms. The molecule has 0 radical (unpaired) electrons. The first-order valence-electron chi connectivity index (χ1n) is 4.24. The van der Waals surface area contributed by atoms with Gasteiger partial charge in [0.15, 0.2) is 0 Å². The van der Waals surface area contributed by atoms with Crippen LogP contribution in [0.15, 0.2) is 35.2 Å². The molecule has 1 heterocycles. The van der Waals surface area contributed by atoms with Crippen molar-refractivity contribution in [2.45, 2.75) is 6.42 Å². The highest BCUT2D eigenvalue weighted by molar-refractivity contribution is 7.09. The second-order valence-corrected chi connectivity index (χ2v) is 4.00. The highest BCUT2D eigenvalue weighted by Crippen LogP contribution is 2.15. The molecule has 1 aromatic heterocycles. The molecule has 2 nitrogen and oxygen atoms in total. The van der Waals surface area contributed by atoms with Crippen molar-refractivity contribution in [1.29, 1.82) is 5.26 Å². The van der Waals surface area contributed by atoms with Gasteiger partial charge in [-0.15, -0.1) is 11.3 Å². The van der Waals surface area contributed by atoms with E-state index in [1.54, 1.807) is 24.3 Å². The van der Waals surface area contributed by atoms with E-state index >= 15 is 0 Å². The highest BCUT2D eigenvalue weighted by atomic mass is 35.5. The van der Waals surface area contributed by atoms with Crippen LogP contribution in [0.4, 0.5) is 0 Å². The quantitative estimate of drug-likeness (QED) is 0.750. The monoisotopic (exact) mass is 236 g/mol. The van der Waals surface area contributed by atoms with E-state index < -0.39 is 0 Å². The maximum Gasteiger partial charge on any atom is 0.107 e. The van der Waals surface area contributed by atoms with Crippen molar-refractivity contribution in [2.75, 3.05) is 0 Å². The lowest BCUT2D eigenvalue weighted by Gasteiger charge is -1.86. The van der Waals surface area contributed by atoms with Gasteiger partial charge in [0.2, 0.25) is 0 Å². The first-order chi connectivity index (χ1) is 7.26. The summed E-state index contributed by atoms with van der Waals surface area (Å²) in [6.07, 6.45) is 7.23. The van der Waals surface area contributed by atoms with Crippen molar-refractivity contribution in [3.63, 3.8) is 0 Å². The number of thiazole rings is 1. The Morgan fingerprint density at radius 1 is 1.73 bits per heavy atom. The fraction of sp³-hybridized carbons (Fsp3) is 0.0909. The van der Waals surface area contributed by atoms with E-state index in [9.17, 15) is 0 Å². The third-order valence-corrected chi connectivity index (χ3v) is 2.58. The van der Waals surface area contributed by atoms with Crippen LogP contribution in [0, 0.1) is 11.3 Å². The van der Waals surface area contributed by atoms with E-state index in [4.69, 9.17) is 16.9 Å². The third-order valence-electron chi connectivity index (χ3n) is 1.48. The number of nitriles is 1. The average molecular weight is 237 g/mol. The lowest BCUT2D eigenvalue weighted by atomic mass is 10.3. The summed E-state index contributed by atoms with van der Waals surface area (Å²) in [5, 5.41) is 11.7. The van der Waals surface area contributed by atoms with E-state index in [-0.39, 0.29) is 0 Å². The van der Waals surface area contributed by atoms with Gasteiger partial charge >= 0.3 is 0 Å². The molecule has 0 bridgehead atoms. The Bertz CT molecular complexity index is 438. The van der Waals surface area contributed by atoms with Crippen molar-refractivity contribution in [3.8, 4) is 6.07 Å². The number of halogens is 1. The van der Waals surface area contributed by atoms with Gasteiger partial charge in [0.1, 0.15) is 5.01 Å². The van der Waals surface area contributed by atoms with Crippen LogP contribution in [-0.4, -0.2) is 4.98 Å². The molecule has 0 aliphatic heterocycles. The second kappa shape index (κ2) is 6.18. The molecule has 0 aliphatic rings. The number of nitrogens with zero attached hydrogens (tertiary/aromatic N) is 2. The van der Waals surface area contributed by atoms with Crippen LogP contribution < -0.4 is 0 Å². The molecular weight excluding hydrogens is 228 g/mol. The minimum Gasteiger partial charge on any atom is -0.241 e. The Morgan fingerprint density at radius 2 is 2.53 bits per heavy atom. The Kier molecular flexibility index (Phi) is 4.82. The lowest BCUT2D eigenvalue weighted by Crippen LogP contribution is -1.79. The SMILES string of the molecule is C=C/C=C\C(Cl)=C\c1csc(CC#N)n1. The standard InChI is InChI=1S/C11H9ClN2S/c1-2-3-4-9(12)7-10-8-15-11(14-10)5-6-13/h2-4,7-8H,1,5H2/b4-3-,9-7-. The van der Waals surface area contributed by atoms with Crippen molar-refractivity contribution in [2.24, 2.45) is 0 Å². The van der Waals surface area contributed by atoms with Crippen molar-refractivity contribution in [1.82, 2.24) is 4.98 Å². The molecule has 0 spiro atoms. The van der Waals surface area contributed by atoms with Crippen LogP contribution in [0.3, 0.4) is 0 Å². The maximum atomic E-state index is 8.48. The zero-order chi connectivity index (χ0) is 11.1. The molecule has 4 heteroatoms. The van der Waals surface area contributed by atoms with Crippen LogP contribution in [0.25, 0.3) is 6.08 Å². The predicted octanol–water partition coefficient (Wildman–Crippen LogP) is 3.53. The summed E-state index contributed by atoms with van der Waals surface area (Å²) in [6.45, 7) is 3.55. The molecule has 0 aromatic carbocycles. The number of allylic oxidation sites excluding steroid dienone is 4. The molecule has 0 saturated heterocycles. The van der Waals surface area contributed by atoms with Crippen LogP contribution in [-0.2, 0) is 6.42 Å². The number of hydrogen-bond donors (Lipinski definition) is 0. The normalized spacial score (nSPS) is 11.6. The Labute approximate surface area is 97.8 Å². The zero-order valence-corrected chi connectivity index (χ0v) is 9.55. The van der Waals surface area contributed by atoms with Crippen LogP contribution >= 0.6 is 22.9 Å². The van der Waals surface area contributed by atoms with E-state index in [1.807, 2.05) is 5.38 Å².